The van der Waals surface area contributed by atoms with Crippen molar-refractivity contribution in [1.82, 2.24) is 9.55 Å². The average Bonchev–Trinajstić information content (AvgIpc) is 2.87. The number of oxime groups is 1. The summed E-state index contributed by atoms with van der Waals surface area (Å²) in [4.78, 5) is 24.1. The third kappa shape index (κ3) is 6.94. The zero-order valence-corrected chi connectivity index (χ0v) is 22.3. The number of nitriles is 1. The lowest BCUT2D eigenvalue weighted by Crippen LogP contribution is -2.34. The maximum Gasteiger partial charge on any atom is 0.252 e. The molecule has 2 heterocycles. The summed E-state index contributed by atoms with van der Waals surface area (Å²) in [5, 5.41) is 13.1. The molecule has 1 aliphatic rings. The lowest BCUT2D eigenvalue weighted by atomic mass is 9.94. The van der Waals surface area contributed by atoms with Gasteiger partial charge in [-0.3, -0.25) is 4.79 Å². The lowest BCUT2D eigenvalue weighted by Gasteiger charge is -2.33. The van der Waals surface area contributed by atoms with Crippen LogP contribution in [0.3, 0.4) is 0 Å². The van der Waals surface area contributed by atoms with E-state index in [1.54, 1.807) is 36.0 Å². The van der Waals surface area contributed by atoms with Crippen molar-refractivity contribution in [3.05, 3.63) is 69.6 Å². The number of nitrogens with zero attached hydrogens (tertiary/aromatic N) is 5. The van der Waals surface area contributed by atoms with Crippen molar-refractivity contribution in [2.24, 2.45) is 12.2 Å². The summed E-state index contributed by atoms with van der Waals surface area (Å²) < 4.78 is 1.59. The summed E-state index contributed by atoms with van der Waals surface area (Å²) in [7, 11) is 3.77. The molecule has 190 valence electrons. The van der Waals surface area contributed by atoms with Crippen LogP contribution in [0.25, 0.3) is 11.0 Å². The molecule has 2 aromatic heterocycles. The Morgan fingerprint density at radius 1 is 1.17 bits per heavy atom. The topological polar surface area (TPSA) is 83.5 Å². The second-order valence-electron chi connectivity index (χ2n) is 10.3. The summed E-state index contributed by atoms with van der Waals surface area (Å²) >= 11 is 0. The number of anilines is 1. The van der Waals surface area contributed by atoms with Crippen molar-refractivity contribution in [2.45, 2.75) is 71.4 Å². The Morgan fingerprint density at radius 2 is 1.86 bits per heavy atom. The zero-order chi connectivity index (χ0) is 26.3. The van der Waals surface area contributed by atoms with Crippen LogP contribution in [0.1, 0.15) is 69.7 Å². The van der Waals surface area contributed by atoms with Gasteiger partial charge in [-0.1, -0.05) is 48.7 Å². The minimum atomic E-state index is -0.223. The highest BCUT2D eigenvalue weighted by molar-refractivity contribution is 5.88. The van der Waals surface area contributed by atoms with Crippen LogP contribution in [0.2, 0.25) is 0 Å². The molecular formula is C29H37N5O2. The van der Waals surface area contributed by atoms with E-state index < -0.39 is 0 Å². The van der Waals surface area contributed by atoms with Crippen LogP contribution in [0.4, 0.5) is 5.69 Å². The molecule has 0 unspecified atom stereocenters. The number of hydrogen-bond acceptors (Lipinski definition) is 6. The number of pyridine rings is 2. The Bertz CT molecular complexity index is 1310. The van der Waals surface area contributed by atoms with E-state index in [4.69, 9.17) is 10.1 Å². The number of aryl methyl sites for hydroxylation is 2. The molecule has 7 heteroatoms. The Balaban J connectivity index is 0.000000223. The van der Waals surface area contributed by atoms with E-state index in [2.05, 4.69) is 34.1 Å². The molecule has 0 saturated heterocycles. The van der Waals surface area contributed by atoms with Crippen LogP contribution >= 0.6 is 0 Å². The normalized spacial score (nSPS) is 14.2. The van der Waals surface area contributed by atoms with Gasteiger partial charge in [-0.05, 0) is 63.8 Å². The van der Waals surface area contributed by atoms with Crippen LogP contribution in [-0.2, 0) is 11.9 Å². The molecule has 0 aliphatic heterocycles. The van der Waals surface area contributed by atoms with E-state index in [0.717, 1.165) is 35.1 Å². The van der Waals surface area contributed by atoms with Gasteiger partial charge in [0, 0.05) is 26.2 Å². The third-order valence-corrected chi connectivity index (χ3v) is 6.39. The summed E-state index contributed by atoms with van der Waals surface area (Å²) in [5.74, 6) is 0. The van der Waals surface area contributed by atoms with E-state index in [1.165, 1.54) is 24.8 Å². The molecule has 4 rings (SSSR count). The molecule has 1 aliphatic carbocycles. The van der Waals surface area contributed by atoms with Gasteiger partial charge in [0.2, 0.25) is 0 Å². The summed E-state index contributed by atoms with van der Waals surface area (Å²) in [6.45, 7) is 7.98. The molecule has 0 amide bonds. The lowest BCUT2D eigenvalue weighted by molar-refractivity contribution is 0.00199. The maximum absolute atomic E-state index is 12.2. The number of benzene rings is 1. The molecule has 3 aromatic rings. The van der Waals surface area contributed by atoms with E-state index in [1.807, 2.05) is 46.0 Å². The Hall–Kier alpha value is -3.66. The van der Waals surface area contributed by atoms with Gasteiger partial charge in [-0.25, -0.2) is 4.98 Å². The first-order chi connectivity index (χ1) is 17.1. The summed E-state index contributed by atoms with van der Waals surface area (Å²) in [6.07, 6.45) is 7.79. The second-order valence-corrected chi connectivity index (χ2v) is 10.3. The van der Waals surface area contributed by atoms with E-state index in [0.29, 0.717) is 11.7 Å². The van der Waals surface area contributed by atoms with Gasteiger partial charge in [0.05, 0.1) is 17.4 Å². The number of aromatic nitrogens is 2. The van der Waals surface area contributed by atoms with Crippen molar-refractivity contribution >= 4 is 22.9 Å². The molecule has 0 radical (unpaired) electrons. The molecule has 1 saturated carbocycles. The SMILES string of the molecule is CN(c1cc(=O)n(C)c2ccc(C#N)nc12)C1CCCCC1.Cc1ccccc1/C=N\OC(C)(C)C. The minimum Gasteiger partial charge on any atom is -0.390 e. The van der Waals surface area contributed by atoms with E-state index in [-0.39, 0.29) is 11.2 Å². The van der Waals surface area contributed by atoms with Gasteiger partial charge in [0.1, 0.15) is 22.9 Å². The van der Waals surface area contributed by atoms with Crippen molar-refractivity contribution in [1.29, 1.82) is 5.26 Å². The van der Waals surface area contributed by atoms with Crippen LogP contribution in [0.15, 0.2) is 52.4 Å². The standard InChI is InChI=1S/C17H20N4O.C12H17NO/c1-20(13-6-4-3-5-7-13)15-10-16(22)21(2)14-9-8-12(11-18)19-17(14)15;1-10-7-5-6-8-11(10)9-13-14-12(2,3)4/h8-10,13H,3-7H2,1-2H3;5-9H,1-4H3/b;13-9-. The zero-order valence-electron chi connectivity index (χ0n) is 22.3. The first-order valence-electron chi connectivity index (χ1n) is 12.5. The van der Waals surface area contributed by atoms with Gasteiger partial charge in [-0.2, -0.15) is 5.26 Å². The minimum absolute atomic E-state index is 0.0448. The van der Waals surface area contributed by atoms with Crippen molar-refractivity contribution in [3.8, 4) is 6.07 Å². The summed E-state index contributed by atoms with van der Waals surface area (Å²) in [5.41, 5.74) is 4.74. The fourth-order valence-corrected chi connectivity index (χ4v) is 4.28. The van der Waals surface area contributed by atoms with Gasteiger partial charge < -0.3 is 14.3 Å². The first kappa shape index (κ1) is 26.9. The van der Waals surface area contributed by atoms with E-state index >= 15 is 0 Å². The van der Waals surface area contributed by atoms with Crippen LogP contribution in [-0.4, -0.2) is 34.5 Å². The Morgan fingerprint density at radius 3 is 2.50 bits per heavy atom. The van der Waals surface area contributed by atoms with Gasteiger partial charge in [0.25, 0.3) is 5.56 Å². The molecule has 1 fully saturated rings. The molecule has 0 bridgehead atoms. The first-order valence-corrected chi connectivity index (χ1v) is 12.5. The van der Waals surface area contributed by atoms with Crippen molar-refractivity contribution < 1.29 is 4.84 Å². The molecule has 36 heavy (non-hydrogen) atoms. The smallest absolute Gasteiger partial charge is 0.252 e. The molecule has 0 N–H and O–H groups in total. The monoisotopic (exact) mass is 487 g/mol. The van der Waals surface area contributed by atoms with Gasteiger partial charge in [0.15, 0.2) is 0 Å². The number of hydrogen-bond donors (Lipinski definition) is 0. The quantitative estimate of drug-likeness (QED) is 0.347. The highest BCUT2D eigenvalue weighted by Gasteiger charge is 2.21. The fraction of sp³-hybridized carbons (Fsp3) is 0.448. The highest BCUT2D eigenvalue weighted by Crippen LogP contribution is 2.29. The predicted octanol–water partition coefficient (Wildman–Crippen LogP) is 5.72. The fourth-order valence-electron chi connectivity index (χ4n) is 4.28. The van der Waals surface area contributed by atoms with Crippen molar-refractivity contribution in [2.75, 3.05) is 11.9 Å². The number of rotatable bonds is 4. The Kier molecular flexibility index (Phi) is 8.87. The third-order valence-electron chi connectivity index (χ3n) is 6.39. The average molecular weight is 488 g/mol. The van der Waals surface area contributed by atoms with Crippen molar-refractivity contribution in [3.63, 3.8) is 0 Å². The highest BCUT2D eigenvalue weighted by atomic mass is 16.6. The van der Waals surface area contributed by atoms with E-state index in [9.17, 15) is 4.79 Å². The second kappa shape index (κ2) is 11.9. The van der Waals surface area contributed by atoms with Crippen LogP contribution in [0.5, 0.6) is 0 Å². The van der Waals surface area contributed by atoms with Gasteiger partial charge >= 0.3 is 0 Å². The molecule has 0 atom stereocenters. The molecule has 1 aromatic carbocycles. The summed E-state index contributed by atoms with van der Waals surface area (Å²) in [6, 6.07) is 15.7. The number of fused-ring (bicyclic) bond motifs is 1. The molecule has 0 spiro atoms. The Labute approximate surface area is 214 Å². The molecular weight excluding hydrogens is 450 g/mol. The van der Waals surface area contributed by atoms with Gasteiger partial charge in [-0.15, -0.1) is 0 Å². The van der Waals surface area contributed by atoms with Crippen LogP contribution in [0, 0.1) is 18.3 Å². The van der Waals surface area contributed by atoms with Crippen LogP contribution < -0.4 is 10.5 Å². The largest absolute Gasteiger partial charge is 0.390 e. The maximum atomic E-state index is 12.2. The predicted molar refractivity (Wildman–Crippen MR) is 147 cm³/mol. The molecule has 7 nitrogen and oxygen atoms in total.